The molecular weight excluding hydrogens is 312 g/mol. The minimum atomic E-state index is 0.680. The molecule has 2 aliphatic rings. The largest absolute Gasteiger partial charge is 0.324 e. The van der Waals surface area contributed by atoms with Gasteiger partial charge in [0.15, 0.2) is 0 Å². The van der Waals surface area contributed by atoms with E-state index in [0.717, 1.165) is 63.6 Å². The van der Waals surface area contributed by atoms with Crippen molar-refractivity contribution in [3.63, 3.8) is 0 Å². The van der Waals surface area contributed by atoms with Gasteiger partial charge in [0, 0.05) is 51.2 Å². The summed E-state index contributed by atoms with van der Waals surface area (Å²) in [6.07, 6.45) is 2.97. The van der Waals surface area contributed by atoms with E-state index < -0.39 is 0 Å². The van der Waals surface area contributed by atoms with E-state index in [1.165, 1.54) is 11.1 Å². The Morgan fingerprint density at radius 3 is 2.96 bits per heavy atom. The first-order chi connectivity index (χ1) is 12.3. The number of rotatable bonds is 4. The predicted octanol–water partition coefficient (Wildman–Crippen LogP) is 1.61. The van der Waals surface area contributed by atoms with Crippen LogP contribution in [0.5, 0.6) is 0 Å². The molecule has 2 aromatic rings. The second-order valence-corrected chi connectivity index (χ2v) is 7.00. The third kappa shape index (κ3) is 4.15. The van der Waals surface area contributed by atoms with Gasteiger partial charge in [0.2, 0.25) is 5.95 Å². The first-order valence-corrected chi connectivity index (χ1v) is 9.09. The summed E-state index contributed by atoms with van der Waals surface area (Å²) in [4.78, 5) is 14.0. The Balaban J connectivity index is 1.43. The van der Waals surface area contributed by atoms with Gasteiger partial charge in [-0.25, -0.2) is 9.97 Å². The summed E-state index contributed by atoms with van der Waals surface area (Å²) in [6.45, 7) is 7.40. The van der Waals surface area contributed by atoms with Gasteiger partial charge >= 0.3 is 0 Å². The SMILES string of the molecule is CN1CCN(Cc2cccc(Nc3ncc4c(n3)CNCC4)c2)CC1. The molecule has 132 valence electrons. The molecule has 3 heterocycles. The molecule has 2 aliphatic heterocycles. The van der Waals surface area contributed by atoms with Crippen molar-refractivity contribution in [1.82, 2.24) is 25.1 Å². The second kappa shape index (κ2) is 7.47. The van der Waals surface area contributed by atoms with E-state index in [1.807, 2.05) is 6.20 Å². The van der Waals surface area contributed by atoms with Crippen molar-refractivity contribution in [2.24, 2.45) is 0 Å². The van der Waals surface area contributed by atoms with Gasteiger partial charge in [0.25, 0.3) is 0 Å². The smallest absolute Gasteiger partial charge is 0.227 e. The number of piperazine rings is 1. The fourth-order valence-corrected chi connectivity index (χ4v) is 3.43. The highest BCUT2D eigenvalue weighted by molar-refractivity contribution is 5.54. The molecule has 0 atom stereocenters. The number of anilines is 2. The molecule has 0 bridgehead atoms. The maximum Gasteiger partial charge on any atom is 0.227 e. The topological polar surface area (TPSA) is 56.3 Å². The van der Waals surface area contributed by atoms with Crippen LogP contribution in [0.3, 0.4) is 0 Å². The maximum absolute atomic E-state index is 4.66. The molecule has 1 aromatic heterocycles. The molecular formula is C19H26N6. The molecule has 0 amide bonds. The lowest BCUT2D eigenvalue weighted by Gasteiger charge is -2.32. The number of nitrogens with zero attached hydrogens (tertiary/aromatic N) is 4. The van der Waals surface area contributed by atoms with Crippen molar-refractivity contribution >= 4 is 11.6 Å². The number of aromatic nitrogens is 2. The minimum absolute atomic E-state index is 0.680. The van der Waals surface area contributed by atoms with E-state index in [2.05, 4.69) is 61.7 Å². The van der Waals surface area contributed by atoms with Gasteiger partial charge in [-0.3, -0.25) is 4.90 Å². The van der Waals surface area contributed by atoms with E-state index in [-0.39, 0.29) is 0 Å². The van der Waals surface area contributed by atoms with Gasteiger partial charge in [-0.05, 0) is 43.3 Å². The Labute approximate surface area is 149 Å². The third-order valence-electron chi connectivity index (χ3n) is 5.00. The van der Waals surface area contributed by atoms with Crippen LogP contribution in [0.15, 0.2) is 30.5 Å². The van der Waals surface area contributed by atoms with Crippen LogP contribution in [0.2, 0.25) is 0 Å². The minimum Gasteiger partial charge on any atom is -0.324 e. The summed E-state index contributed by atoms with van der Waals surface area (Å²) in [6, 6.07) is 8.59. The highest BCUT2D eigenvalue weighted by Crippen LogP contribution is 2.18. The van der Waals surface area contributed by atoms with Crippen LogP contribution in [-0.2, 0) is 19.5 Å². The standard InChI is InChI=1S/C19H26N6/c1-24-7-9-25(10-8-24)14-15-3-2-4-17(11-15)22-19-21-12-16-5-6-20-13-18(16)23-19/h2-4,11-12,20H,5-10,13-14H2,1H3,(H,21,22,23). The van der Waals surface area contributed by atoms with Crippen molar-refractivity contribution in [2.75, 3.05) is 45.1 Å². The Hall–Kier alpha value is -2.02. The van der Waals surface area contributed by atoms with E-state index >= 15 is 0 Å². The summed E-state index contributed by atoms with van der Waals surface area (Å²) in [5.74, 6) is 0.680. The first kappa shape index (κ1) is 16.4. The Bertz CT molecular complexity index is 724. The van der Waals surface area contributed by atoms with E-state index in [9.17, 15) is 0 Å². The van der Waals surface area contributed by atoms with Crippen molar-refractivity contribution in [3.8, 4) is 0 Å². The molecule has 0 unspecified atom stereocenters. The number of likely N-dealkylation sites (N-methyl/N-ethyl adjacent to an activating group) is 1. The molecule has 1 aromatic carbocycles. The van der Waals surface area contributed by atoms with E-state index in [4.69, 9.17) is 0 Å². The zero-order chi connectivity index (χ0) is 17.1. The van der Waals surface area contributed by atoms with Gasteiger partial charge in [-0.15, -0.1) is 0 Å². The van der Waals surface area contributed by atoms with Crippen molar-refractivity contribution in [1.29, 1.82) is 0 Å². The van der Waals surface area contributed by atoms with Crippen molar-refractivity contribution in [2.45, 2.75) is 19.5 Å². The normalized spacial score (nSPS) is 18.8. The monoisotopic (exact) mass is 338 g/mol. The number of fused-ring (bicyclic) bond motifs is 1. The van der Waals surface area contributed by atoms with Crippen LogP contribution < -0.4 is 10.6 Å². The number of hydrogen-bond acceptors (Lipinski definition) is 6. The summed E-state index contributed by atoms with van der Waals surface area (Å²) in [5, 5.41) is 6.72. The predicted molar refractivity (Wildman–Crippen MR) is 99.9 cm³/mol. The van der Waals surface area contributed by atoms with Gasteiger partial charge in [-0.1, -0.05) is 12.1 Å². The molecule has 0 aliphatic carbocycles. The summed E-state index contributed by atoms with van der Waals surface area (Å²) in [7, 11) is 2.19. The molecule has 25 heavy (non-hydrogen) atoms. The van der Waals surface area contributed by atoms with Crippen LogP contribution >= 0.6 is 0 Å². The Morgan fingerprint density at radius 2 is 2.08 bits per heavy atom. The van der Waals surface area contributed by atoms with Crippen LogP contribution in [-0.4, -0.2) is 59.5 Å². The van der Waals surface area contributed by atoms with Crippen LogP contribution in [0.4, 0.5) is 11.6 Å². The first-order valence-electron chi connectivity index (χ1n) is 9.09. The number of hydrogen-bond donors (Lipinski definition) is 2. The summed E-state index contributed by atoms with van der Waals surface area (Å²) < 4.78 is 0. The summed E-state index contributed by atoms with van der Waals surface area (Å²) >= 11 is 0. The average molecular weight is 338 g/mol. The molecule has 0 radical (unpaired) electrons. The molecule has 0 spiro atoms. The van der Waals surface area contributed by atoms with Gasteiger partial charge in [0.1, 0.15) is 0 Å². The van der Waals surface area contributed by atoms with Gasteiger partial charge < -0.3 is 15.5 Å². The van der Waals surface area contributed by atoms with Gasteiger partial charge in [0.05, 0.1) is 5.69 Å². The van der Waals surface area contributed by atoms with Crippen LogP contribution in [0, 0.1) is 0 Å². The summed E-state index contributed by atoms with van der Waals surface area (Å²) in [5.41, 5.74) is 4.75. The third-order valence-corrected chi connectivity index (χ3v) is 5.00. The lowest BCUT2D eigenvalue weighted by atomic mass is 10.1. The quantitative estimate of drug-likeness (QED) is 0.883. The fourth-order valence-electron chi connectivity index (χ4n) is 3.43. The lowest BCUT2D eigenvalue weighted by molar-refractivity contribution is 0.148. The van der Waals surface area contributed by atoms with Gasteiger partial charge in [-0.2, -0.15) is 0 Å². The number of nitrogens with one attached hydrogen (secondary N) is 2. The fraction of sp³-hybridized carbons (Fsp3) is 0.474. The Morgan fingerprint density at radius 1 is 1.20 bits per heavy atom. The van der Waals surface area contributed by atoms with Crippen LogP contribution in [0.25, 0.3) is 0 Å². The molecule has 4 rings (SSSR count). The molecule has 1 fully saturated rings. The molecule has 6 heteroatoms. The molecule has 0 saturated carbocycles. The zero-order valence-electron chi connectivity index (χ0n) is 14.8. The van der Waals surface area contributed by atoms with Crippen LogP contribution in [0.1, 0.15) is 16.8 Å². The van der Waals surface area contributed by atoms with Crippen molar-refractivity contribution in [3.05, 3.63) is 47.3 Å². The molecule has 2 N–H and O–H groups in total. The maximum atomic E-state index is 4.66. The highest BCUT2D eigenvalue weighted by Gasteiger charge is 2.14. The highest BCUT2D eigenvalue weighted by atomic mass is 15.2. The lowest BCUT2D eigenvalue weighted by Crippen LogP contribution is -2.43. The molecule has 6 nitrogen and oxygen atoms in total. The second-order valence-electron chi connectivity index (χ2n) is 7.00. The molecule has 1 saturated heterocycles. The van der Waals surface area contributed by atoms with Crippen molar-refractivity contribution < 1.29 is 0 Å². The number of benzene rings is 1. The van der Waals surface area contributed by atoms with E-state index in [1.54, 1.807) is 0 Å². The zero-order valence-corrected chi connectivity index (χ0v) is 14.8. The van der Waals surface area contributed by atoms with E-state index in [0.29, 0.717) is 5.95 Å². The Kier molecular flexibility index (Phi) is 4.92. The average Bonchev–Trinajstić information content (AvgIpc) is 2.64.